The maximum Gasteiger partial charge on any atom is 0.175 e. The van der Waals surface area contributed by atoms with E-state index in [0.717, 1.165) is 18.2 Å². The second-order valence-electron chi connectivity index (χ2n) is 4.05. The van der Waals surface area contributed by atoms with Gasteiger partial charge in [-0.1, -0.05) is 0 Å². The molecule has 0 unspecified atom stereocenters. The Morgan fingerprint density at radius 1 is 1.00 bits per heavy atom. The SMILES string of the molecule is COc1ccc(NC(=S)Nc2cc(F)ccc2F)cc1F. The maximum absolute atomic E-state index is 13.5. The topological polar surface area (TPSA) is 33.3 Å². The highest BCUT2D eigenvalue weighted by atomic mass is 32.1. The Bertz CT molecular complexity index is 679. The van der Waals surface area contributed by atoms with Crippen LogP contribution >= 0.6 is 12.2 Å². The first-order valence-electron chi connectivity index (χ1n) is 5.86. The highest BCUT2D eigenvalue weighted by Crippen LogP contribution is 2.21. The third-order valence-electron chi connectivity index (χ3n) is 2.59. The molecular formula is C14H11F3N2OS. The molecule has 21 heavy (non-hydrogen) atoms. The van der Waals surface area contributed by atoms with E-state index in [9.17, 15) is 13.2 Å². The second-order valence-corrected chi connectivity index (χ2v) is 4.46. The van der Waals surface area contributed by atoms with Gasteiger partial charge in [0.15, 0.2) is 16.7 Å². The maximum atomic E-state index is 13.5. The zero-order chi connectivity index (χ0) is 15.4. The number of hydrogen-bond donors (Lipinski definition) is 2. The first-order chi connectivity index (χ1) is 9.99. The van der Waals surface area contributed by atoms with Crippen LogP contribution in [0.1, 0.15) is 0 Å². The lowest BCUT2D eigenvalue weighted by molar-refractivity contribution is 0.387. The number of halogens is 3. The van der Waals surface area contributed by atoms with Gasteiger partial charge in [-0.3, -0.25) is 0 Å². The average molecular weight is 312 g/mol. The van der Waals surface area contributed by atoms with Crippen molar-refractivity contribution in [1.82, 2.24) is 0 Å². The second kappa shape index (κ2) is 6.45. The van der Waals surface area contributed by atoms with Crippen molar-refractivity contribution in [3.8, 4) is 5.75 Å². The largest absolute Gasteiger partial charge is 0.494 e. The highest BCUT2D eigenvalue weighted by Gasteiger charge is 2.08. The number of thiocarbonyl (C=S) groups is 1. The zero-order valence-corrected chi connectivity index (χ0v) is 11.7. The Labute approximate surface area is 124 Å². The first-order valence-corrected chi connectivity index (χ1v) is 6.27. The fourth-order valence-electron chi connectivity index (χ4n) is 1.62. The van der Waals surface area contributed by atoms with Crippen molar-refractivity contribution in [1.29, 1.82) is 0 Å². The normalized spacial score (nSPS) is 10.1. The summed E-state index contributed by atoms with van der Waals surface area (Å²) in [6.07, 6.45) is 0. The summed E-state index contributed by atoms with van der Waals surface area (Å²) >= 11 is 4.96. The number of nitrogens with one attached hydrogen (secondary N) is 2. The van der Waals surface area contributed by atoms with Crippen molar-refractivity contribution in [2.45, 2.75) is 0 Å². The molecular weight excluding hydrogens is 301 g/mol. The van der Waals surface area contributed by atoms with E-state index in [4.69, 9.17) is 17.0 Å². The Kier molecular flexibility index (Phi) is 4.64. The van der Waals surface area contributed by atoms with Crippen LogP contribution in [0.4, 0.5) is 24.5 Å². The van der Waals surface area contributed by atoms with Gasteiger partial charge in [0, 0.05) is 17.8 Å². The Morgan fingerprint density at radius 3 is 2.43 bits per heavy atom. The van der Waals surface area contributed by atoms with E-state index in [1.165, 1.54) is 25.3 Å². The van der Waals surface area contributed by atoms with Gasteiger partial charge in [0.25, 0.3) is 0 Å². The van der Waals surface area contributed by atoms with E-state index in [1.807, 2.05) is 0 Å². The standard InChI is InChI=1S/C14H11F3N2OS/c1-20-13-5-3-9(7-11(13)17)18-14(21)19-12-6-8(15)2-4-10(12)16/h2-7H,1H3,(H2,18,19,21). The molecule has 2 aromatic carbocycles. The van der Waals surface area contributed by atoms with Crippen LogP contribution in [-0.2, 0) is 0 Å². The lowest BCUT2D eigenvalue weighted by Gasteiger charge is -2.12. The van der Waals surface area contributed by atoms with Crippen LogP contribution in [-0.4, -0.2) is 12.2 Å². The van der Waals surface area contributed by atoms with E-state index in [1.54, 1.807) is 0 Å². The van der Waals surface area contributed by atoms with Gasteiger partial charge in [0.2, 0.25) is 0 Å². The van der Waals surface area contributed by atoms with Crippen molar-refractivity contribution in [3.05, 3.63) is 53.8 Å². The first kappa shape index (κ1) is 15.1. The minimum Gasteiger partial charge on any atom is -0.494 e. The molecule has 110 valence electrons. The summed E-state index contributed by atoms with van der Waals surface area (Å²) in [5.41, 5.74) is 0.240. The molecule has 0 heterocycles. The smallest absolute Gasteiger partial charge is 0.175 e. The fraction of sp³-hybridized carbons (Fsp3) is 0.0714. The van der Waals surface area contributed by atoms with Gasteiger partial charge in [0.1, 0.15) is 11.6 Å². The number of anilines is 2. The third kappa shape index (κ3) is 3.85. The van der Waals surface area contributed by atoms with Crippen LogP contribution in [0.25, 0.3) is 0 Å². The Morgan fingerprint density at radius 2 is 1.76 bits per heavy atom. The van der Waals surface area contributed by atoms with Crippen LogP contribution in [0.5, 0.6) is 5.75 Å². The predicted octanol–water partition coefficient (Wildman–Crippen LogP) is 3.92. The molecule has 3 nitrogen and oxygen atoms in total. The van der Waals surface area contributed by atoms with Gasteiger partial charge >= 0.3 is 0 Å². The number of benzene rings is 2. The van der Waals surface area contributed by atoms with Gasteiger partial charge in [-0.05, 0) is 36.5 Å². The third-order valence-corrected chi connectivity index (χ3v) is 2.79. The minimum absolute atomic E-state index is 0.00377. The van der Waals surface area contributed by atoms with Crippen molar-refractivity contribution < 1.29 is 17.9 Å². The van der Waals surface area contributed by atoms with Gasteiger partial charge in [-0.15, -0.1) is 0 Å². The van der Waals surface area contributed by atoms with Crippen molar-refractivity contribution in [2.75, 3.05) is 17.7 Å². The molecule has 0 saturated carbocycles. The van der Waals surface area contributed by atoms with Crippen LogP contribution in [0, 0.1) is 17.5 Å². The van der Waals surface area contributed by atoms with E-state index < -0.39 is 17.5 Å². The quantitative estimate of drug-likeness (QED) is 0.842. The molecule has 0 aromatic heterocycles. The Hall–Kier alpha value is -2.28. The van der Waals surface area contributed by atoms with Crippen LogP contribution in [0.2, 0.25) is 0 Å². The summed E-state index contributed by atoms with van der Waals surface area (Å²) in [7, 11) is 1.35. The van der Waals surface area contributed by atoms with Gasteiger partial charge in [-0.25, -0.2) is 13.2 Å². The Balaban J connectivity index is 2.08. The average Bonchev–Trinajstić information content (AvgIpc) is 2.43. The summed E-state index contributed by atoms with van der Waals surface area (Å²) in [5.74, 6) is -1.73. The summed E-state index contributed by atoms with van der Waals surface area (Å²) in [6, 6.07) is 7.08. The van der Waals surface area contributed by atoms with Crippen LogP contribution < -0.4 is 15.4 Å². The molecule has 0 saturated heterocycles. The summed E-state index contributed by atoms with van der Waals surface area (Å²) < 4.78 is 44.8. The predicted molar refractivity (Wildman–Crippen MR) is 79.2 cm³/mol. The molecule has 0 aliphatic carbocycles. The lowest BCUT2D eigenvalue weighted by Crippen LogP contribution is -2.20. The fourth-order valence-corrected chi connectivity index (χ4v) is 1.85. The highest BCUT2D eigenvalue weighted by molar-refractivity contribution is 7.80. The monoisotopic (exact) mass is 312 g/mol. The molecule has 0 amide bonds. The molecule has 7 heteroatoms. The van der Waals surface area contributed by atoms with Gasteiger partial charge in [-0.2, -0.15) is 0 Å². The molecule has 2 aromatic rings. The lowest BCUT2D eigenvalue weighted by atomic mass is 10.3. The number of hydrogen-bond acceptors (Lipinski definition) is 2. The van der Waals surface area contributed by atoms with Crippen molar-refractivity contribution in [3.63, 3.8) is 0 Å². The molecule has 0 aliphatic heterocycles. The molecule has 2 N–H and O–H groups in total. The number of rotatable bonds is 3. The van der Waals surface area contributed by atoms with E-state index >= 15 is 0 Å². The molecule has 0 radical (unpaired) electrons. The van der Waals surface area contributed by atoms with Crippen LogP contribution in [0.15, 0.2) is 36.4 Å². The van der Waals surface area contributed by atoms with E-state index in [0.29, 0.717) is 5.69 Å². The van der Waals surface area contributed by atoms with Crippen molar-refractivity contribution in [2.24, 2.45) is 0 Å². The number of methoxy groups -OCH3 is 1. The van der Waals surface area contributed by atoms with Gasteiger partial charge in [0.05, 0.1) is 12.8 Å². The van der Waals surface area contributed by atoms with Gasteiger partial charge < -0.3 is 15.4 Å². The summed E-state index contributed by atoms with van der Waals surface area (Å²) in [4.78, 5) is 0. The molecule has 0 spiro atoms. The summed E-state index contributed by atoms with van der Waals surface area (Å²) in [6.45, 7) is 0. The molecule has 0 fully saturated rings. The van der Waals surface area contributed by atoms with Crippen molar-refractivity contribution >= 4 is 28.7 Å². The molecule has 0 atom stereocenters. The molecule has 0 bridgehead atoms. The van der Waals surface area contributed by atoms with E-state index in [2.05, 4.69) is 10.6 Å². The summed E-state index contributed by atoms with van der Waals surface area (Å²) in [5, 5.41) is 5.17. The molecule has 0 aliphatic rings. The molecule has 2 rings (SSSR count). The number of ether oxygens (including phenoxy) is 1. The zero-order valence-electron chi connectivity index (χ0n) is 10.9. The minimum atomic E-state index is -0.651. The van der Waals surface area contributed by atoms with E-state index in [-0.39, 0.29) is 16.5 Å². The van der Waals surface area contributed by atoms with Crippen LogP contribution in [0.3, 0.4) is 0 Å².